The molecule has 0 N–H and O–H groups in total. The first-order valence-corrected chi connectivity index (χ1v) is 8.25. The van der Waals surface area contributed by atoms with Crippen molar-refractivity contribution in [3.8, 4) is 0 Å². The molecule has 0 bridgehead atoms. The van der Waals surface area contributed by atoms with Gasteiger partial charge in [0.1, 0.15) is 0 Å². The summed E-state index contributed by atoms with van der Waals surface area (Å²) in [6.07, 6.45) is 0.959. The van der Waals surface area contributed by atoms with Gasteiger partial charge in [-0.15, -0.1) is 0 Å². The van der Waals surface area contributed by atoms with E-state index in [-0.39, 0.29) is 6.16 Å². The number of hydrogen-bond donors (Lipinski definition) is 0. The van der Waals surface area contributed by atoms with Crippen LogP contribution in [-0.2, 0) is 27.2 Å². The molecule has 0 saturated carbocycles. The minimum Gasteiger partial charge on any atom is -0.312 e. The maximum Gasteiger partial charge on any atom is 0.362 e. The molecule has 8 heteroatoms. The molecular weight excluding hydrogens is 254 g/mol. The van der Waals surface area contributed by atoms with Crippen molar-refractivity contribution in [1.82, 2.24) is 0 Å². The van der Waals surface area contributed by atoms with Gasteiger partial charge in [0, 0.05) is 21.3 Å². The second-order valence-electron chi connectivity index (χ2n) is 3.52. The third-order valence-corrected chi connectivity index (χ3v) is 7.59. The van der Waals surface area contributed by atoms with Gasteiger partial charge in [0.25, 0.3) is 0 Å². The van der Waals surface area contributed by atoms with Gasteiger partial charge < -0.3 is 13.6 Å². The molecule has 1 aliphatic heterocycles. The van der Waals surface area contributed by atoms with Crippen LogP contribution in [0.25, 0.3) is 0 Å². The summed E-state index contributed by atoms with van der Waals surface area (Å²) in [6, 6.07) is 0. The second-order valence-corrected chi connectivity index (χ2v) is 8.28. The lowest BCUT2D eigenvalue weighted by Gasteiger charge is -2.32. The van der Waals surface area contributed by atoms with Gasteiger partial charge in [0.05, 0.1) is 6.16 Å². The van der Waals surface area contributed by atoms with Crippen LogP contribution in [0.4, 0.5) is 0 Å². The highest BCUT2D eigenvalue weighted by molar-refractivity contribution is 7.59. The molecule has 96 valence electrons. The lowest BCUT2D eigenvalue weighted by molar-refractivity contribution is 0.102. The zero-order valence-electron chi connectivity index (χ0n) is 9.97. The zero-order valence-corrected chi connectivity index (χ0v) is 11.8. The van der Waals surface area contributed by atoms with E-state index in [2.05, 4.69) is 0 Å². The van der Waals surface area contributed by atoms with Crippen LogP contribution >= 0.6 is 15.2 Å². The lowest BCUT2D eigenvalue weighted by atomic mass is 10.2. The molecule has 0 aromatic rings. The minimum atomic E-state index is -3.43. The Morgan fingerprint density at radius 3 is 2.25 bits per heavy atom. The van der Waals surface area contributed by atoms with Crippen LogP contribution in [-0.4, -0.2) is 32.8 Å². The number of rotatable bonds is 5. The average molecular weight is 272 g/mol. The van der Waals surface area contributed by atoms with Crippen molar-refractivity contribution in [2.24, 2.45) is 0 Å². The Morgan fingerprint density at radius 1 is 1.38 bits per heavy atom. The van der Waals surface area contributed by atoms with Gasteiger partial charge in [-0.1, -0.05) is 6.92 Å². The van der Waals surface area contributed by atoms with Gasteiger partial charge in [-0.2, -0.15) is 0 Å². The van der Waals surface area contributed by atoms with E-state index in [4.69, 9.17) is 18.1 Å². The van der Waals surface area contributed by atoms with E-state index in [1.807, 2.05) is 0 Å². The summed E-state index contributed by atoms with van der Waals surface area (Å²) in [5, 5.41) is -1.15. The molecule has 0 aromatic heterocycles. The van der Waals surface area contributed by atoms with Crippen molar-refractivity contribution in [2.75, 3.05) is 27.5 Å². The molecule has 2 unspecified atom stereocenters. The predicted molar refractivity (Wildman–Crippen MR) is 59.8 cm³/mol. The minimum absolute atomic E-state index is 0.230. The molecule has 16 heavy (non-hydrogen) atoms. The Balaban J connectivity index is 3.07. The highest BCUT2D eigenvalue weighted by Crippen LogP contribution is 2.73. The molecule has 0 spiro atoms. The summed E-state index contributed by atoms with van der Waals surface area (Å²) < 4.78 is 44.4. The summed E-state index contributed by atoms with van der Waals surface area (Å²) in [5.41, 5.74) is 0. The van der Waals surface area contributed by atoms with Crippen molar-refractivity contribution in [3.63, 3.8) is 0 Å². The maximum absolute atomic E-state index is 12.4. The summed E-state index contributed by atoms with van der Waals surface area (Å²) in [5.74, 6) is 0. The van der Waals surface area contributed by atoms with Crippen molar-refractivity contribution in [1.29, 1.82) is 0 Å². The fraction of sp³-hybridized carbons (Fsp3) is 1.00. The summed E-state index contributed by atoms with van der Waals surface area (Å²) in [7, 11) is -2.67. The van der Waals surface area contributed by atoms with E-state index in [0.29, 0.717) is 12.8 Å². The molecule has 0 radical (unpaired) electrons. The quantitative estimate of drug-likeness (QED) is 0.716. The van der Waals surface area contributed by atoms with E-state index in [1.54, 1.807) is 6.92 Å². The fourth-order valence-corrected chi connectivity index (χ4v) is 6.08. The summed E-state index contributed by atoms with van der Waals surface area (Å²) in [4.78, 5) is 0. The smallest absolute Gasteiger partial charge is 0.312 e. The monoisotopic (exact) mass is 272 g/mol. The van der Waals surface area contributed by atoms with Gasteiger partial charge in [-0.05, 0) is 12.8 Å². The molecule has 0 aliphatic carbocycles. The molecule has 1 heterocycles. The van der Waals surface area contributed by atoms with E-state index >= 15 is 0 Å². The largest absolute Gasteiger partial charge is 0.362 e. The molecule has 1 rings (SSSR count). The van der Waals surface area contributed by atoms with Gasteiger partial charge in [-0.3, -0.25) is 13.7 Å². The Bertz CT molecular complexity index is 335. The van der Waals surface area contributed by atoms with Crippen LogP contribution < -0.4 is 0 Å². The second kappa shape index (κ2) is 4.89. The van der Waals surface area contributed by atoms with Crippen LogP contribution in [0.2, 0.25) is 0 Å². The van der Waals surface area contributed by atoms with Crippen molar-refractivity contribution in [3.05, 3.63) is 0 Å². The Labute approximate surface area is 95.7 Å². The first-order valence-electron chi connectivity index (χ1n) is 4.98. The van der Waals surface area contributed by atoms with Crippen LogP contribution in [0.1, 0.15) is 19.8 Å². The lowest BCUT2D eigenvalue weighted by Crippen LogP contribution is -2.28. The summed E-state index contributed by atoms with van der Waals surface area (Å²) >= 11 is 0. The van der Waals surface area contributed by atoms with Crippen LogP contribution in [0.5, 0.6) is 0 Å². The topological polar surface area (TPSA) is 71.1 Å². The Morgan fingerprint density at radius 2 is 1.94 bits per heavy atom. The Hall–Kier alpha value is 0.300. The van der Waals surface area contributed by atoms with Crippen molar-refractivity contribution in [2.45, 2.75) is 25.1 Å². The molecule has 0 amide bonds. The molecule has 1 fully saturated rings. The van der Waals surface area contributed by atoms with Crippen molar-refractivity contribution < 1.29 is 27.2 Å². The molecule has 1 aliphatic rings. The van der Waals surface area contributed by atoms with E-state index < -0.39 is 20.5 Å². The molecule has 2 atom stereocenters. The maximum atomic E-state index is 12.4. The van der Waals surface area contributed by atoms with E-state index in [1.165, 1.54) is 21.3 Å². The van der Waals surface area contributed by atoms with Gasteiger partial charge in [0.2, 0.25) is 0 Å². The fourth-order valence-electron chi connectivity index (χ4n) is 1.82. The average Bonchev–Trinajstić information content (AvgIpc) is 2.68. The molecule has 0 aromatic carbocycles. The summed E-state index contributed by atoms with van der Waals surface area (Å²) in [6.45, 7) is 1.79. The zero-order chi connectivity index (χ0) is 12.4. The predicted octanol–water partition coefficient (Wildman–Crippen LogP) is 2.84. The molecule has 1 saturated heterocycles. The number of hydrogen-bond acceptors (Lipinski definition) is 6. The van der Waals surface area contributed by atoms with E-state index in [0.717, 1.165) is 0 Å². The Kier molecular flexibility index (Phi) is 4.39. The first kappa shape index (κ1) is 14.4. The normalized spacial score (nSPS) is 35.5. The molecular formula is C8H18O6P2. The van der Waals surface area contributed by atoms with Gasteiger partial charge >= 0.3 is 15.2 Å². The third kappa shape index (κ3) is 2.15. The highest BCUT2D eigenvalue weighted by atomic mass is 31.2. The highest BCUT2D eigenvalue weighted by Gasteiger charge is 2.58. The van der Waals surface area contributed by atoms with E-state index in [9.17, 15) is 9.13 Å². The van der Waals surface area contributed by atoms with Gasteiger partial charge in [-0.25, -0.2) is 0 Å². The molecule has 6 nitrogen and oxygen atoms in total. The first-order chi connectivity index (χ1) is 7.41. The van der Waals surface area contributed by atoms with Crippen molar-refractivity contribution >= 4 is 15.2 Å². The third-order valence-electron chi connectivity index (χ3n) is 2.90. The van der Waals surface area contributed by atoms with Gasteiger partial charge in [0.15, 0.2) is 5.34 Å². The SMILES string of the molecule is CCC1(P(=O)(OC)OC)CCP(=O)(OC)O1. The standard InChI is InChI=1S/C8H18O6P2/c1-5-8(16(10,12-3)13-4)6-7-15(9,11-2)14-8/h5-7H2,1-4H3. The van der Waals surface area contributed by atoms with Crippen LogP contribution in [0.3, 0.4) is 0 Å². The van der Waals surface area contributed by atoms with Crippen LogP contribution in [0, 0.1) is 0 Å². The van der Waals surface area contributed by atoms with Crippen LogP contribution in [0.15, 0.2) is 0 Å².